The van der Waals surface area contributed by atoms with Gasteiger partial charge in [-0.2, -0.15) is 13.2 Å². The Morgan fingerprint density at radius 3 is 2.73 bits per heavy atom. The second kappa shape index (κ2) is 7.41. The predicted molar refractivity (Wildman–Crippen MR) is 87.0 cm³/mol. The lowest BCUT2D eigenvalue weighted by Crippen LogP contribution is -2.48. The van der Waals surface area contributed by atoms with Crippen molar-refractivity contribution in [2.75, 3.05) is 13.2 Å². The van der Waals surface area contributed by atoms with Gasteiger partial charge in [0.1, 0.15) is 12.4 Å². The molecule has 8 heteroatoms. The smallest absolute Gasteiger partial charge is 0.370 e. The summed E-state index contributed by atoms with van der Waals surface area (Å²) in [5.74, 6) is -0.132. The highest BCUT2D eigenvalue weighted by atomic mass is 19.4. The van der Waals surface area contributed by atoms with E-state index in [0.29, 0.717) is 11.1 Å². The molecule has 5 nitrogen and oxygen atoms in total. The highest BCUT2D eigenvalue weighted by Crippen LogP contribution is 2.32. The Morgan fingerprint density at radius 2 is 2.04 bits per heavy atom. The van der Waals surface area contributed by atoms with Gasteiger partial charge in [0.2, 0.25) is 5.91 Å². The molecule has 2 heterocycles. The number of benzene rings is 1. The first-order valence-corrected chi connectivity index (χ1v) is 8.16. The van der Waals surface area contributed by atoms with E-state index in [9.17, 15) is 18.0 Å². The lowest BCUT2D eigenvalue weighted by Gasteiger charge is -2.38. The molecule has 2 aromatic rings. The van der Waals surface area contributed by atoms with Crippen molar-refractivity contribution in [1.82, 2.24) is 14.9 Å². The van der Waals surface area contributed by atoms with Crippen LogP contribution in [0.3, 0.4) is 0 Å². The average Bonchev–Trinajstić information content (AvgIpc) is 2.62. The second-order valence-electron chi connectivity index (χ2n) is 6.26. The number of aromatic nitrogens is 2. The van der Waals surface area contributed by atoms with Gasteiger partial charge >= 0.3 is 6.18 Å². The largest absolute Gasteiger partial charge is 0.416 e. The van der Waals surface area contributed by atoms with E-state index in [4.69, 9.17) is 4.74 Å². The number of rotatable bonds is 3. The summed E-state index contributed by atoms with van der Waals surface area (Å²) in [4.78, 5) is 22.0. The molecule has 2 unspecified atom stereocenters. The Balaban J connectivity index is 1.75. The molecule has 0 spiro atoms. The third kappa shape index (κ3) is 4.19. The van der Waals surface area contributed by atoms with Crippen LogP contribution in [0.1, 0.15) is 29.7 Å². The quantitative estimate of drug-likeness (QED) is 0.839. The van der Waals surface area contributed by atoms with Crippen molar-refractivity contribution in [3.05, 3.63) is 59.7 Å². The number of hydrogen-bond acceptors (Lipinski definition) is 4. The summed E-state index contributed by atoms with van der Waals surface area (Å²) in [5, 5.41) is 0. The fourth-order valence-corrected chi connectivity index (χ4v) is 2.92. The minimum atomic E-state index is -4.42. The van der Waals surface area contributed by atoms with Crippen LogP contribution in [0.2, 0.25) is 0 Å². The number of morpholine rings is 1. The Morgan fingerprint density at radius 1 is 1.31 bits per heavy atom. The normalized spacial score (nSPS) is 20.8. The summed E-state index contributed by atoms with van der Waals surface area (Å²) in [6, 6.07) is 4.88. The maximum Gasteiger partial charge on any atom is 0.416 e. The third-order valence-electron chi connectivity index (χ3n) is 4.31. The van der Waals surface area contributed by atoms with Crippen molar-refractivity contribution >= 4 is 5.91 Å². The minimum absolute atomic E-state index is 0.132. The highest BCUT2D eigenvalue weighted by Gasteiger charge is 2.34. The van der Waals surface area contributed by atoms with Crippen molar-refractivity contribution < 1.29 is 22.7 Å². The summed E-state index contributed by atoms with van der Waals surface area (Å²) in [7, 11) is 0. The van der Waals surface area contributed by atoms with Crippen LogP contribution in [0.4, 0.5) is 13.2 Å². The van der Waals surface area contributed by atoms with E-state index in [0.717, 1.165) is 12.1 Å². The van der Waals surface area contributed by atoms with Crippen molar-refractivity contribution in [3.63, 3.8) is 0 Å². The van der Waals surface area contributed by atoms with Gasteiger partial charge in [-0.05, 0) is 30.2 Å². The molecule has 0 radical (unpaired) electrons. The number of halogens is 3. The maximum absolute atomic E-state index is 12.9. The highest BCUT2D eigenvalue weighted by molar-refractivity contribution is 5.79. The molecule has 3 rings (SSSR count). The van der Waals surface area contributed by atoms with Gasteiger partial charge in [0.15, 0.2) is 0 Å². The van der Waals surface area contributed by atoms with Crippen LogP contribution in [0, 0.1) is 0 Å². The van der Waals surface area contributed by atoms with Crippen molar-refractivity contribution in [2.24, 2.45) is 0 Å². The fourth-order valence-electron chi connectivity index (χ4n) is 2.92. The summed E-state index contributed by atoms with van der Waals surface area (Å²) in [5.41, 5.74) is 0.371. The Kier molecular flexibility index (Phi) is 5.22. The molecule has 138 valence electrons. The summed E-state index contributed by atoms with van der Waals surface area (Å²) < 4.78 is 44.5. The molecule has 1 aromatic carbocycles. The number of carbonyl (C=O) groups excluding carboxylic acids is 1. The van der Waals surface area contributed by atoms with Gasteiger partial charge in [-0.1, -0.05) is 12.1 Å². The summed E-state index contributed by atoms with van der Waals surface area (Å²) in [6.45, 7) is 2.31. The molecule has 1 amide bonds. The van der Waals surface area contributed by atoms with Crippen LogP contribution >= 0.6 is 0 Å². The zero-order chi connectivity index (χ0) is 18.7. The average molecular weight is 365 g/mol. The number of alkyl halides is 3. The molecule has 0 saturated carbocycles. The van der Waals surface area contributed by atoms with Gasteiger partial charge in [0.05, 0.1) is 31.2 Å². The molecule has 26 heavy (non-hydrogen) atoms. The summed E-state index contributed by atoms with van der Waals surface area (Å²) >= 11 is 0. The van der Waals surface area contributed by atoms with Crippen molar-refractivity contribution in [1.29, 1.82) is 0 Å². The first-order chi connectivity index (χ1) is 12.3. The number of ether oxygens (including phenoxy) is 1. The molecule has 1 aliphatic heterocycles. The molecule has 1 aliphatic rings. The van der Waals surface area contributed by atoms with E-state index in [-0.39, 0.29) is 31.5 Å². The topological polar surface area (TPSA) is 55.3 Å². The Labute approximate surface area is 148 Å². The number of hydrogen-bond donors (Lipinski definition) is 0. The zero-order valence-electron chi connectivity index (χ0n) is 14.1. The first kappa shape index (κ1) is 18.3. The van der Waals surface area contributed by atoms with E-state index in [1.54, 1.807) is 23.4 Å². The fraction of sp³-hybridized carbons (Fsp3) is 0.389. The van der Waals surface area contributed by atoms with Crippen molar-refractivity contribution in [3.8, 4) is 0 Å². The lowest BCUT2D eigenvalue weighted by molar-refractivity contribution is -0.144. The van der Waals surface area contributed by atoms with Crippen LogP contribution in [0.25, 0.3) is 0 Å². The van der Waals surface area contributed by atoms with Crippen molar-refractivity contribution in [2.45, 2.75) is 31.7 Å². The monoisotopic (exact) mass is 365 g/mol. The number of amides is 1. The first-order valence-electron chi connectivity index (χ1n) is 8.16. The van der Waals surface area contributed by atoms with Gasteiger partial charge in [-0.25, -0.2) is 9.97 Å². The molecular formula is C18H18F3N3O2. The van der Waals surface area contributed by atoms with E-state index in [1.807, 2.05) is 6.92 Å². The molecule has 1 aromatic heterocycles. The van der Waals surface area contributed by atoms with Gasteiger partial charge in [0, 0.05) is 12.4 Å². The maximum atomic E-state index is 12.9. The standard InChI is InChI=1S/C18H18F3N3O2/c1-12-10-26-16(14-3-2-4-15(6-14)18(19,20)21)9-24(12)17(25)5-13-7-22-11-23-8-13/h2-4,6-8,11-12,16H,5,9-10H2,1H3. The minimum Gasteiger partial charge on any atom is -0.370 e. The van der Waals surface area contributed by atoms with Crippen LogP contribution in [0.15, 0.2) is 43.0 Å². The molecular weight excluding hydrogens is 347 g/mol. The van der Waals surface area contributed by atoms with E-state index < -0.39 is 17.8 Å². The predicted octanol–water partition coefficient (Wildman–Crippen LogP) is 3.03. The second-order valence-corrected chi connectivity index (χ2v) is 6.26. The molecule has 1 fully saturated rings. The zero-order valence-corrected chi connectivity index (χ0v) is 14.1. The van der Waals surface area contributed by atoms with Gasteiger partial charge in [-0.3, -0.25) is 4.79 Å². The van der Waals surface area contributed by atoms with Crippen LogP contribution in [-0.4, -0.2) is 40.0 Å². The molecule has 0 aliphatic carbocycles. The van der Waals surface area contributed by atoms with Gasteiger partial charge in [-0.15, -0.1) is 0 Å². The number of carbonyl (C=O) groups is 1. The lowest BCUT2D eigenvalue weighted by atomic mass is 10.0. The van der Waals surface area contributed by atoms with Crippen LogP contribution < -0.4 is 0 Å². The Hall–Kier alpha value is -2.48. The number of nitrogens with zero attached hydrogens (tertiary/aromatic N) is 3. The van der Waals surface area contributed by atoms with Crippen LogP contribution in [0.5, 0.6) is 0 Å². The van der Waals surface area contributed by atoms with Crippen LogP contribution in [-0.2, 0) is 22.1 Å². The third-order valence-corrected chi connectivity index (χ3v) is 4.31. The molecule has 0 N–H and O–H groups in total. The van der Waals surface area contributed by atoms with Gasteiger partial charge < -0.3 is 9.64 Å². The molecule has 0 bridgehead atoms. The SMILES string of the molecule is CC1COC(c2cccc(C(F)(F)F)c2)CN1C(=O)Cc1cncnc1. The molecule has 2 atom stereocenters. The van der Waals surface area contributed by atoms with E-state index in [1.165, 1.54) is 12.4 Å². The van der Waals surface area contributed by atoms with Gasteiger partial charge in [0.25, 0.3) is 0 Å². The molecule has 1 saturated heterocycles. The Bertz CT molecular complexity index is 768. The van der Waals surface area contributed by atoms with E-state index >= 15 is 0 Å². The van der Waals surface area contributed by atoms with E-state index in [2.05, 4.69) is 9.97 Å². The summed E-state index contributed by atoms with van der Waals surface area (Å²) in [6.07, 6.45) is -0.346.